The molecule has 1 atom stereocenters. The van der Waals surface area contributed by atoms with Crippen molar-refractivity contribution >= 4 is 12.1 Å². The summed E-state index contributed by atoms with van der Waals surface area (Å²) < 4.78 is 5.07. The third kappa shape index (κ3) is 6.27. The second kappa shape index (κ2) is 7.08. The SMILES string of the molecule is CC(C)(C)OC(=O)N[C@@H](Cc1cccc(CN)c1)C(=O)O. The number of carbonyl (C=O) groups excluding carboxylic acids is 1. The van der Waals surface area contributed by atoms with E-state index in [9.17, 15) is 14.7 Å². The number of rotatable bonds is 5. The molecule has 1 rings (SSSR count). The Bertz CT molecular complexity index is 509. The third-order valence-corrected chi connectivity index (χ3v) is 2.66. The van der Waals surface area contributed by atoms with E-state index in [4.69, 9.17) is 10.5 Å². The van der Waals surface area contributed by atoms with E-state index in [1.54, 1.807) is 26.8 Å². The molecule has 0 aromatic heterocycles. The first kappa shape index (κ1) is 17.0. The highest BCUT2D eigenvalue weighted by molar-refractivity contribution is 5.80. The maximum atomic E-state index is 11.7. The summed E-state index contributed by atoms with van der Waals surface area (Å²) in [5.74, 6) is -1.11. The Labute approximate surface area is 124 Å². The number of hydrogen-bond acceptors (Lipinski definition) is 4. The van der Waals surface area contributed by atoms with Crippen LogP contribution in [0.4, 0.5) is 4.79 Å². The minimum Gasteiger partial charge on any atom is -0.480 e. The summed E-state index contributed by atoms with van der Waals surface area (Å²) in [6.45, 7) is 5.53. The standard InChI is InChI=1S/C15H22N2O4/c1-15(2,3)21-14(20)17-12(13(18)19)8-10-5-4-6-11(7-10)9-16/h4-7,12H,8-9,16H2,1-3H3,(H,17,20)(H,18,19)/t12-/m0/s1. The Hall–Kier alpha value is -2.08. The van der Waals surface area contributed by atoms with Crippen molar-refractivity contribution in [1.82, 2.24) is 5.32 Å². The normalized spacial score (nSPS) is 12.6. The predicted molar refractivity (Wildman–Crippen MR) is 78.8 cm³/mol. The Morgan fingerprint density at radius 2 is 1.95 bits per heavy atom. The van der Waals surface area contributed by atoms with E-state index in [2.05, 4.69) is 5.32 Å². The van der Waals surface area contributed by atoms with Gasteiger partial charge in [0.1, 0.15) is 11.6 Å². The zero-order valence-electron chi connectivity index (χ0n) is 12.6. The molecule has 0 spiro atoms. The summed E-state index contributed by atoms with van der Waals surface area (Å²) >= 11 is 0. The lowest BCUT2D eigenvalue weighted by Gasteiger charge is -2.22. The summed E-state index contributed by atoms with van der Waals surface area (Å²) in [6, 6.07) is 6.25. The van der Waals surface area contributed by atoms with Crippen molar-refractivity contribution in [2.24, 2.45) is 5.73 Å². The minimum atomic E-state index is -1.11. The number of carboxylic acid groups (broad SMARTS) is 1. The summed E-state index contributed by atoms with van der Waals surface area (Å²) in [7, 11) is 0. The zero-order chi connectivity index (χ0) is 16.0. The number of aliphatic carboxylic acids is 1. The van der Waals surface area contributed by atoms with Gasteiger partial charge in [0.05, 0.1) is 0 Å². The summed E-state index contributed by atoms with van der Waals surface area (Å²) in [5, 5.41) is 11.6. The summed E-state index contributed by atoms with van der Waals surface area (Å²) in [4.78, 5) is 22.9. The molecule has 0 saturated carbocycles. The molecule has 0 aliphatic heterocycles. The van der Waals surface area contributed by atoms with Crippen molar-refractivity contribution in [3.05, 3.63) is 35.4 Å². The molecule has 0 fully saturated rings. The first-order valence-electron chi connectivity index (χ1n) is 6.71. The molecule has 116 valence electrons. The van der Waals surface area contributed by atoms with E-state index in [0.29, 0.717) is 6.54 Å². The molecule has 21 heavy (non-hydrogen) atoms. The Balaban J connectivity index is 2.74. The average molecular weight is 294 g/mol. The molecule has 1 aromatic rings. The van der Waals surface area contributed by atoms with Gasteiger partial charge < -0.3 is 20.9 Å². The van der Waals surface area contributed by atoms with Crippen molar-refractivity contribution < 1.29 is 19.4 Å². The molecule has 0 bridgehead atoms. The molecule has 0 aliphatic rings. The van der Waals surface area contributed by atoms with Crippen molar-refractivity contribution in [1.29, 1.82) is 0 Å². The lowest BCUT2D eigenvalue weighted by Crippen LogP contribution is -2.44. The highest BCUT2D eigenvalue weighted by Crippen LogP contribution is 2.10. The number of carbonyl (C=O) groups is 2. The topological polar surface area (TPSA) is 102 Å². The minimum absolute atomic E-state index is 0.169. The third-order valence-electron chi connectivity index (χ3n) is 2.66. The van der Waals surface area contributed by atoms with Gasteiger partial charge in [-0.3, -0.25) is 0 Å². The van der Waals surface area contributed by atoms with E-state index in [0.717, 1.165) is 11.1 Å². The molecular weight excluding hydrogens is 272 g/mol. The molecule has 6 nitrogen and oxygen atoms in total. The zero-order valence-corrected chi connectivity index (χ0v) is 12.6. The molecular formula is C15H22N2O4. The van der Waals surface area contributed by atoms with Crippen LogP contribution in [0.5, 0.6) is 0 Å². The largest absolute Gasteiger partial charge is 0.480 e. The van der Waals surface area contributed by atoms with Gasteiger partial charge in [0, 0.05) is 13.0 Å². The molecule has 4 N–H and O–H groups in total. The van der Waals surface area contributed by atoms with E-state index in [-0.39, 0.29) is 6.42 Å². The number of benzene rings is 1. The number of nitrogens with one attached hydrogen (secondary N) is 1. The Morgan fingerprint density at radius 3 is 2.48 bits per heavy atom. The van der Waals surface area contributed by atoms with Gasteiger partial charge in [-0.25, -0.2) is 9.59 Å². The fourth-order valence-electron chi connectivity index (χ4n) is 1.77. The molecule has 0 unspecified atom stereocenters. The van der Waals surface area contributed by atoms with Crippen LogP contribution in [-0.2, 0) is 22.5 Å². The molecule has 0 heterocycles. The summed E-state index contributed by atoms with van der Waals surface area (Å²) in [5.41, 5.74) is 6.58. The van der Waals surface area contributed by atoms with Crippen LogP contribution in [0.25, 0.3) is 0 Å². The van der Waals surface area contributed by atoms with Crippen molar-refractivity contribution in [3.63, 3.8) is 0 Å². The lowest BCUT2D eigenvalue weighted by molar-refractivity contribution is -0.139. The first-order chi connectivity index (χ1) is 9.71. The second-order valence-electron chi connectivity index (χ2n) is 5.77. The Kier molecular flexibility index (Phi) is 5.72. The summed E-state index contributed by atoms with van der Waals surface area (Å²) in [6.07, 6.45) is -0.576. The van der Waals surface area contributed by atoms with Crippen molar-refractivity contribution in [2.75, 3.05) is 0 Å². The monoisotopic (exact) mass is 294 g/mol. The van der Waals surface area contributed by atoms with Crippen molar-refractivity contribution in [2.45, 2.75) is 45.4 Å². The number of carboxylic acids is 1. The van der Waals surface area contributed by atoms with E-state index < -0.39 is 23.7 Å². The van der Waals surface area contributed by atoms with E-state index in [1.807, 2.05) is 18.2 Å². The van der Waals surface area contributed by atoms with Crippen LogP contribution >= 0.6 is 0 Å². The van der Waals surface area contributed by atoms with Gasteiger partial charge in [0.2, 0.25) is 0 Å². The molecule has 0 radical (unpaired) electrons. The predicted octanol–water partition coefficient (Wildman–Crippen LogP) is 1.67. The second-order valence-corrected chi connectivity index (χ2v) is 5.77. The van der Waals surface area contributed by atoms with Gasteiger partial charge in [-0.05, 0) is 31.9 Å². The average Bonchev–Trinajstić information content (AvgIpc) is 2.36. The van der Waals surface area contributed by atoms with E-state index >= 15 is 0 Å². The highest BCUT2D eigenvalue weighted by Gasteiger charge is 2.24. The Morgan fingerprint density at radius 1 is 1.33 bits per heavy atom. The first-order valence-corrected chi connectivity index (χ1v) is 6.71. The number of amides is 1. The van der Waals surface area contributed by atoms with Crippen LogP contribution < -0.4 is 11.1 Å². The highest BCUT2D eigenvalue weighted by atomic mass is 16.6. The van der Waals surface area contributed by atoms with Crippen LogP contribution in [-0.4, -0.2) is 28.8 Å². The maximum absolute atomic E-state index is 11.7. The fraction of sp³-hybridized carbons (Fsp3) is 0.467. The van der Waals surface area contributed by atoms with Crippen LogP contribution in [0.3, 0.4) is 0 Å². The molecule has 0 saturated heterocycles. The van der Waals surface area contributed by atoms with Crippen LogP contribution in [0.15, 0.2) is 24.3 Å². The van der Waals surface area contributed by atoms with Crippen LogP contribution in [0, 0.1) is 0 Å². The molecule has 6 heteroatoms. The van der Waals surface area contributed by atoms with Crippen LogP contribution in [0.2, 0.25) is 0 Å². The number of nitrogens with two attached hydrogens (primary N) is 1. The smallest absolute Gasteiger partial charge is 0.408 e. The quantitative estimate of drug-likeness (QED) is 0.766. The molecule has 1 aromatic carbocycles. The van der Waals surface area contributed by atoms with Gasteiger partial charge >= 0.3 is 12.1 Å². The maximum Gasteiger partial charge on any atom is 0.408 e. The van der Waals surface area contributed by atoms with Gasteiger partial charge in [-0.15, -0.1) is 0 Å². The van der Waals surface area contributed by atoms with E-state index in [1.165, 1.54) is 0 Å². The number of hydrogen-bond donors (Lipinski definition) is 3. The van der Waals surface area contributed by atoms with Gasteiger partial charge in [0.25, 0.3) is 0 Å². The van der Waals surface area contributed by atoms with Crippen LogP contribution in [0.1, 0.15) is 31.9 Å². The lowest BCUT2D eigenvalue weighted by atomic mass is 10.0. The molecule has 1 amide bonds. The van der Waals surface area contributed by atoms with Gasteiger partial charge in [-0.2, -0.15) is 0 Å². The fourth-order valence-corrected chi connectivity index (χ4v) is 1.77. The van der Waals surface area contributed by atoms with Gasteiger partial charge in [-0.1, -0.05) is 24.3 Å². The molecule has 0 aliphatic carbocycles. The number of alkyl carbamates (subject to hydrolysis) is 1. The van der Waals surface area contributed by atoms with Gasteiger partial charge in [0.15, 0.2) is 0 Å². The number of ether oxygens (including phenoxy) is 1. The van der Waals surface area contributed by atoms with Crippen molar-refractivity contribution in [3.8, 4) is 0 Å².